The van der Waals surface area contributed by atoms with Gasteiger partial charge in [0.15, 0.2) is 5.78 Å². The Hall–Kier alpha value is -1.04. The Kier molecular flexibility index (Phi) is 4.73. The van der Waals surface area contributed by atoms with Crippen LogP contribution >= 0.6 is 22.9 Å². The first-order valence-corrected chi connectivity index (χ1v) is 8.33. The van der Waals surface area contributed by atoms with E-state index in [-0.39, 0.29) is 16.6 Å². The highest BCUT2D eigenvalue weighted by Crippen LogP contribution is 2.23. The number of carbonyl (C=O) groups is 1. The van der Waals surface area contributed by atoms with Gasteiger partial charge < -0.3 is 0 Å². The lowest BCUT2D eigenvalue weighted by atomic mass is 10.2. The van der Waals surface area contributed by atoms with Crippen LogP contribution in [0.3, 0.4) is 0 Å². The van der Waals surface area contributed by atoms with Gasteiger partial charge in [-0.2, -0.15) is 0 Å². The first kappa shape index (κ1) is 15.4. The maximum Gasteiger partial charge on any atom is 0.176 e. The summed E-state index contributed by atoms with van der Waals surface area (Å²) in [6, 6.07) is 5.64. The van der Waals surface area contributed by atoms with Crippen LogP contribution in [-0.4, -0.2) is 15.7 Å². The normalized spacial score (nSPS) is 12.4. The van der Waals surface area contributed by atoms with Crippen LogP contribution in [0.15, 0.2) is 29.2 Å². The molecule has 0 saturated carbocycles. The van der Waals surface area contributed by atoms with Gasteiger partial charge in [0.25, 0.3) is 0 Å². The molecule has 106 valence electrons. The first-order valence-electron chi connectivity index (χ1n) is 5.82. The molecule has 0 saturated heterocycles. The molecule has 6 heteroatoms. The lowest BCUT2D eigenvalue weighted by molar-refractivity contribution is 0.102. The smallest absolute Gasteiger partial charge is 0.176 e. The second kappa shape index (κ2) is 6.16. The van der Waals surface area contributed by atoms with E-state index in [2.05, 4.69) is 0 Å². The van der Waals surface area contributed by atoms with Crippen LogP contribution in [0.2, 0.25) is 5.02 Å². The molecule has 2 nitrogen and oxygen atoms in total. The van der Waals surface area contributed by atoms with Crippen LogP contribution in [-0.2, 0) is 10.8 Å². The molecule has 1 aromatic carbocycles. The van der Waals surface area contributed by atoms with Gasteiger partial charge in [0.05, 0.1) is 21.6 Å². The third-order valence-corrected chi connectivity index (χ3v) is 5.32. The summed E-state index contributed by atoms with van der Waals surface area (Å²) in [4.78, 5) is 14.4. The van der Waals surface area contributed by atoms with Crippen molar-refractivity contribution in [3.05, 3.63) is 50.4 Å². The number of aryl methyl sites for hydroxylation is 2. The lowest BCUT2D eigenvalue weighted by Gasteiger charge is -2.03. The number of hydrogen-bond donors (Lipinski definition) is 0. The summed E-state index contributed by atoms with van der Waals surface area (Å²) in [6.07, 6.45) is 0. The van der Waals surface area contributed by atoms with E-state index in [1.54, 1.807) is 6.07 Å². The zero-order valence-electron chi connectivity index (χ0n) is 10.9. The quantitative estimate of drug-likeness (QED) is 0.789. The minimum absolute atomic E-state index is 0.0918. The van der Waals surface area contributed by atoms with E-state index in [0.717, 1.165) is 15.8 Å². The Bertz CT molecular complexity index is 694. The van der Waals surface area contributed by atoms with Crippen LogP contribution < -0.4 is 0 Å². The number of thiophene rings is 1. The van der Waals surface area contributed by atoms with Crippen LogP contribution in [0.4, 0.5) is 4.39 Å². The van der Waals surface area contributed by atoms with Crippen molar-refractivity contribution in [2.24, 2.45) is 0 Å². The maximum absolute atomic E-state index is 13.0. The van der Waals surface area contributed by atoms with Gasteiger partial charge in [0.2, 0.25) is 0 Å². The Balaban J connectivity index is 2.17. The summed E-state index contributed by atoms with van der Waals surface area (Å²) in [5.74, 6) is -0.868. The van der Waals surface area contributed by atoms with Gasteiger partial charge in [-0.15, -0.1) is 11.3 Å². The van der Waals surface area contributed by atoms with Crippen molar-refractivity contribution in [1.82, 2.24) is 0 Å². The van der Waals surface area contributed by atoms with Crippen molar-refractivity contribution < 1.29 is 13.4 Å². The lowest BCUT2D eigenvalue weighted by Crippen LogP contribution is -2.11. The average molecular weight is 331 g/mol. The third kappa shape index (κ3) is 3.34. The second-order valence-corrected chi connectivity index (χ2v) is 7.63. The van der Waals surface area contributed by atoms with Gasteiger partial charge in [-0.3, -0.25) is 9.00 Å². The standard InChI is InChI=1S/C14H12ClFO2S2/c1-8-5-11(9(2)19-8)14(17)7-20(18)10-3-4-13(16)12(15)6-10/h3-6H,7H2,1-2H3. The predicted octanol–water partition coefficient (Wildman–Crippen LogP) is 4.15. The van der Waals surface area contributed by atoms with Gasteiger partial charge >= 0.3 is 0 Å². The van der Waals surface area contributed by atoms with Crippen molar-refractivity contribution in [1.29, 1.82) is 0 Å². The fourth-order valence-electron chi connectivity index (χ4n) is 1.81. The number of rotatable bonds is 4. The van der Waals surface area contributed by atoms with E-state index in [9.17, 15) is 13.4 Å². The van der Waals surface area contributed by atoms with Crippen molar-refractivity contribution in [2.45, 2.75) is 18.7 Å². The van der Waals surface area contributed by atoms with Crippen LogP contribution in [0, 0.1) is 19.7 Å². The van der Waals surface area contributed by atoms with Gasteiger partial charge in [-0.05, 0) is 38.1 Å². The van der Waals surface area contributed by atoms with Gasteiger partial charge in [-0.1, -0.05) is 11.6 Å². The average Bonchev–Trinajstić information content (AvgIpc) is 2.71. The summed E-state index contributed by atoms with van der Waals surface area (Å²) < 4.78 is 25.2. The molecule has 2 aromatic rings. The van der Waals surface area contributed by atoms with Crippen molar-refractivity contribution in [3.8, 4) is 0 Å². The van der Waals surface area contributed by atoms with E-state index in [4.69, 9.17) is 11.6 Å². The molecule has 0 aliphatic heterocycles. The topological polar surface area (TPSA) is 34.1 Å². The zero-order valence-corrected chi connectivity index (χ0v) is 13.3. The van der Waals surface area contributed by atoms with E-state index in [1.807, 2.05) is 13.8 Å². The van der Waals surface area contributed by atoms with E-state index < -0.39 is 16.6 Å². The molecule has 1 aromatic heterocycles. The summed E-state index contributed by atoms with van der Waals surface area (Å²) in [7, 11) is -1.53. The Morgan fingerprint density at radius 1 is 1.35 bits per heavy atom. The maximum atomic E-state index is 13.0. The molecule has 0 aliphatic rings. The van der Waals surface area contributed by atoms with Crippen LogP contribution in [0.25, 0.3) is 0 Å². The molecule has 2 rings (SSSR count). The SMILES string of the molecule is Cc1cc(C(=O)CS(=O)c2ccc(F)c(Cl)c2)c(C)s1. The first-order chi connectivity index (χ1) is 9.38. The highest BCUT2D eigenvalue weighted by molar-refractivity contribution is 7.85. The Labute approximate surface area is 128 Å². The number of benzene rings is 1. The zero-order chi connectivity index (χ0) is 14.9. The molecule has 0 bridgehead atoms. The predicted molar refractivity (Wildman–Crippen MR) is 80.8 cm³/mol. The molecule has 0 N–H and O–H groups in total. The number of halogens is 2. The molecule has 20 heavy (non-hydrogen) atoms. The van der Waals surface area contributed by atoms with Gasteiger partial charge in [0.1, 0.15) is 5.82 Å². The second-order valence-electron chi connectivity index (χ2n) is 4.32. The summed E-state index contributed by atoms with van der Waals surface area (Å²) in [5.41, 5.74) is 0.606. The van der Waals surface area contributed by atoms with Crippen LogP contribution in [0.5, 0.6) is 0 Å². The summed E-state index contributed by atoms with van der Waals surface area (Å²) in [6.45, 7) is 3.79. The summed E-state index contributed by atoms with van der Waals surface area (Å²) in [5, 5.41) is -0.0918. The number of hydrogen-bond acceptors (Lipinski definition) is 3. The minimum Gasteiger partial charge on any atom is -0.293 e. The fourth-order valence-corrected chi connectivity index (χ4v) is 4.02. The van der Waals surface area contributed by atoms with E-state index in [0.29, 0.717) is 10.5 Å². The van der Waals surface area contributed by atoms with Crippen molar-refractivity contribution in [2.75, 3.05) is 5.75 Å². The van der Waals surface area contributed by atoms with Crippen LogP contribution in [0.1, 0.15) is 20.1 Å². The van der Waals surface area contributed by atoms with E-state index >= 15 is 0 Å². The van der Waals surface area contributed by atoms with E-state index in [1.165, 1.54) is 23.5 Å². The van der Waals surface area contributed by atoms with Gasteiger partial charge in [-0.25, -0.2) is 4.39 Å². The Morgan fingerprint density at radius 2 is 2.05 bits per heavy atom. The largest absolute Gasteiger partial charge is 0.293 e. The minimum atomic E-state index is -1.53. The monoisotopic (exact) mass is 330 g/mol. The Morgan fingerprint density at radius 3 is 2.60 bits per heavy atom. The van der Waals surface area contributed by atoms with Crippen molar-refractivity contribution >= 4 is 39.5 Å². The molecule has 1 atom stereocenters. The third-order valence-electron chi connectivity index (χ3n) is 2.76. The van der Waals surface area contributed by atoms with Gasteiger partial charge in [0, 0.05) is 20.2 Å². The molecule has 0 radical (unpaired) electrons. The molecule has 0 aliphatic carbocycles. The summed E-state index contributed by atoms with van der Waals surface area (Å²) >= 11 is 7.18. The highest BCUT2D eigenvalue weighted by Gasteiger charge is 2.17. The number of ketones is 1. The fraction of sp³-hybridized carbons (Fsp3) is 0.214. The molecule has 0 spiro atoms. The number of carbonyl (C=O) groups excluding carboxylic acids is 1. The highest BCUT2D eigenvalue weighted by atomic mass is 35.5. The number of Topliss-reactive ketones (excluding diaryl/α,β-unsaturated/α-hetero) is 1. The van der Waals surface area contributed by atoms with Crippen molar-refractivity contribution in [3.63, 3.8) is 0 Å². The molecular formula is C14H12ClFO2S2. The molecule has 1 heterocycles. The molecule has 0 amide bonds. The molecule has 1 unspecified atom stereocenters. The molecular weight excluding hydrogens is 319 g/mol. The molecule has 0 fully saturated rings.